The SMILES string of the molecule is C[C@@H](O)[C@H](NC(=O)c1ccc(C#Cc2ccc(NC(=O)CCCCc3ccccc3)cc2)cc1)C(=O)CO. The van der Waals surface area contributed by atoms with Crippen LogP contribution in [0.25, 0.3) is 0 Å². The standard InChI is InChI=1S/C31H32N2O5/c1-22(35)30(28(36)21-34)33-31(38)26-17-13-24(14-18-26)11-12-25-15-19-27(20-16-25)32-29(37)10-6-5-9-23-7-3-2-4-8-23/h2-4,7-8,13-20,22,30,34-35H,5-6,9-10,21H2,1H3,(H,32,37)(H,33,38)/t22-,30+/m1/s1. The van der Waals surface area contributed by atoms with Crippen molar-refractivity contribution < 1.29 is 24.6 Å². The first-order chi connectivity index (χ1) is 18.4. The molecule has 0 fully saturated rings. The number of aliphatic hydroxyl groups is 2. The van der Waals surface area contributed by atoms with Crippen molar-refractivity contribution >= 4 is 23.3 Å². The van der Waals surface area contributed by atoms with Gasteiger partial charge in [-0.2, -0.15) is 0 Å². The molecule has 7 heteroatoms. The van der Waals surface area contributed by atoms with Gasteiger partial charge in [-0.25, -0.2) is 0 Å². The van der Waals surface area contributed by atoms with Crippen LogP contribution in [0.1, 0.15) is 53.2 Å². The zero-order valence-electron chi connectivity index (χ0n) is 21.3. The van der Waals surface area contributed by atoms with E-state index in [2.05, 4.69) is 34.6 Å². The van der Waals surface area contributed by atoms with Gasteiger partial charge in [0.1, 0.15) is 12.6 Å². The highest BCUT2D eigenvalue weighted by molar-refractivity contribution is 5.98. The maximum Gasteiger partial charge on any atom is 0.251 e. The number of hydrogen-bond donors (Lipinski definition) is 4. The highest BCUT2D eigenvalue weighted by atomic mass is 16.3. The summed E-state index contributed by atoms with van der Waals surface area (Å²) >= 11 is 0. The lowest BCUT2D eigenvalue weighted by molar-refractivity contribution is -0.126. The molecule has 0 radical (unpaired) electrons. The normalized spacial score (nSPS) is 12.0. The summed E-state index contributed by atoms with van der Waals surface area (Å²) in [6, 6.07) is 22.8. The fourth-order valence-electron chi connectivity index (χ4n) is 3.76. The molecular formula is C31H32N2O5. The number of benzene rings is 3. The Morgan fingerprint density at radius 1 is 0.842 bits per heavy atom. The number of hydrogen-bond acceptors (Lipinski definition) is 5. The van der Waals surface area contributed by atoms with Crippen molar-refractivity contribution in [1.29, 1.82) is 0 Å². The smallest absolute Gasteiger partial charge is 0.251 e. The molecule has 0 aromatic heterocycles. The van der Waals surface area contributed by atoms with Crippen LogP contribution in [0.5, 0.6) is 0 Å². The van der Waals surface area contributed by atoms with Crippen molar-refractivity contribution in [1.82, 2.24) is 5.32 Å². The Bertz CT molecular complexity index is 1270. The van der Waals surface area contributed by atoms with Gasteiger partial charge in [-0.15, -0.1) is 0 Å². The van der Waals surface area contributed by atoms with E-state index in [0.717, 1.165) is 24.8 Å². The molecule has 38 heavy (non-hydrogen) atoms. The zero-order valence-corrected chi connectivity index (χ0v) is 21.3. The lowest BCUT2D eigenvalue weighted by Gasteiger charge is -2.19. The van der Waals surface area contributed by atoms with Crippen LogP contribution in [-0.2, 0) is 16.0 Å². The Hall–Kier alpha value is -4.25. The van der Waals surface area contributed by atoms with E-state index in [9.17, 15) is 19.5 Å². The fraction of sp³-hybridized carbons (Fsp3) is 0.258. The second-order valence-electron chi connectivity index (χ2n) is 8.96. The number of nitrogens with one attached hydrogen (secondary N) is 2. The third kappa shape index (κ3) is 9.00. The third-order valence-electron chi connectivity index (χ3n) is 5.90. The highest BCUT2D eigenvalue weighted by Crippen LogP contribution is 2.12. The Labute approximate surface area is 222 Å². The molecule has 0 spiro atoms. The summed E-state index contributed by atoms with van der Waals surface area (Å²) in [5, 5.41) is 24.0. The van der Waals surface area contributed by atoms with Crippen molar-refractivity contribution in [2.45, 2.75) is 44.8 Å². The van der Waals surface area contributed by atoms with E-state index in [1.807, 2.05) is 42.5 Å². The van der Waals surface area contributed by atoms with Crippen LogP contribution in [0.15, 0.2) is 78.9 Å². The Kier molecular flexibility index (Phi) is 10.8. The predicted molar refractivity (Wildman–Crippen MR) is 147 cm³/mol. The van der Waals surface area contributed by atoms with Crippen LogP contribution in [0, 0.1) is 11.8 Å². The summed E-state index contributed by atoms with van der Waals surface area (Å²) in [7, 11) is 0. The molecule has 4 N–H and O–H groups in total. The number of anilines is 1. The second kappa shape index (κ2) is 14.5. The first-order valence-electron chi connectivity index (χ1n) is 12.5. The van der Waals surface area contributed by atoms with Gasteiger partial charge in [0.05, 0.1) is 6.10 Å². The van der Waals surface area contributed by atoms with E-state index in [-0.39, 0.29) is 5.91 Å². The summed E-state index contributed by atoms with van der Waals surface area (Å²) in [5.41, 5.74) is 3.76. The number of rotatable bonds is 11. The predicted octanol–water partition coefficient (Wildman–Crippen LogP) is 3.48. The molecule has 2 amide bonds. The number of Topliss-reactive ketones (excluding diaryl/α,β-unsaturated/α-hetero) is 1. The molecule has 196 valence electrons. The van der Waals surface area contributed by atoms with Crippen LogP contribution in [-0.4, -0.2) is 46.6 Å². The summed E-state index contributed by atoms with van der Waals surface area (Å²) in [4.78, 5) is 36.3. The lowest BCUT2D eigenvalue weighted by Crippen LogP contribution is -2.48. The molecule has 0 aliphatic heterocycles. The van der Waals surface area contributed by atoms with Crippen LogP contribution in [0.2, 0.25) is 0 Å². The molecule has 0 saturated heterocycles. The molecule has 0 unspecified atom stereocenters. The first kappa shape index (κ1) is 28.3. The van der Waals surface area contributed by atoms with Gasteiger partial charge in [-0.05, 0) is 80.3 Å². The molecule has 0 saturated carbocycles. The van der Waals surface area contributed by atoms with Crippen LogP contribution in [0.4, 0.5) is 5.69 Å². The van der Waals surface area contributed by atoms with Crippen molar-refractivity contribution in [3.8, 4) is 11.8 Å². The lowest BCUT2D eigenvalue weighted by atomic mass is 10.1. The number of aryl methyl sites for hydroxylation is 1. The molecule has 3 rings (SSSR count). The largest absolute Gasteiger partial charge is 0.391 e. The minimum atomic E-state index is -1.18. The maximum atomic E-state index is 12.4. The van der Waals surface area contributed by atoms with Gasteiger partial charge in [0.15, 0.2) is 5.78 Å². The van der Waals surface area contributed by atoms with Crippen LogP contribution in [0.3, 0.4) is 0 Å². The van der Waals surface area contributed by atoms with Crippen molar-refractivity contribution in [3.05, 3.63) is 101 Å². The van der Waals surface area contributed by atoms with E-state index in [4.69, 9.17) is 5.11 Å². The van der Waals surface area contributed by atoms with Gasteiger partial charge in [0.25, 0.3) is 5.91 Å². The van der Waals surface area contributed by atoms with E-state index in [0.29, 0.717) is 23.2 Å². The minimum absolute atomic E-state index is 0.0125. The van der Waals surface area contributed by atoms with Crippen molar-refractivity contribution in [2.75, 3.05) is 11.9 Å². The number of ketones is 1. The van der Waals surface area contributed by atoms with Gasteiger partial charge in [0.2, 0.25) is 5.91 Å². The Morgan fingerprint density at radius 3 is 2.03 bits per heavy atom. The summed E-state index contributed by atoms with van der Waals surface area (Å²) in [5.74, 6) is 4.86. The molecule has 0 bridgehead atoms. The molecular weight excluding hydrogens is 480 g/mol. The number of aliphatic hydroxyl groups excluding tert-OH is 2. The van der Waals surface area contributed by atoms with Crippen LogP contribution < -0.4 is 10.6 Å². The maximum absolute atomic E-state index is 12.4. The molecule has 2 atom stereocenters. The summed E-state index contributed by atoms with van der Waals surface area (Å²) < 4.78 is 0. The number of amides is 2. The van der Waals surface area contributed by atoms with Gasteiger partial charge < -0.3 is 20.8 Å². The molecule has 0 aliphatic rings. The molecule has 7 nitrogen and oxygen atoms in total. The van der Waals surface area contributed by atoms with Crippen molar-refractivity contribution in [3.63, 3.8) is 0 Å². The second-order valence-corrected chi connectivity index (χ2v) is 8.96. The van der Waals surface area contributed by atoms with Crippen LogP contribution >= 0.6 is 0 Å². The first-order valence-corrected chi connectivity index (χ1v) is 12.5. The minimum Gasteiger partial charge on any atom is -0.391 e. The molecule has 3 aromatic carbocycles. The molecule has 0 aliphatic carbocycles. The van der Waals surface area contributed by atoms with Crippen molar-refractivity contribution in [2.24, 2.45) is 0 Å². The van der Waals surface area contributed by atoms with Gasteiger partial charge in [0, 0.05) is 28.8 Å². The van der Waals surface area contributed by atoms with E-state index >= 15 is 0 Å². The summed E-state index contributed by atoms with van der Waals surface area (Å²) in [6.07, 6.45) is 2.09. The monoisotopic (exact) mass is 512 g/mol. The average Bonchev–Trinajstić information content (AvgIpc) is 2.94. The number of carbonyl (C=O) groups excluding carboxylic acids is 3. The topological polar surface area (TPSA) is 116 Å². The van der Waals surface area contributed by atoms with Gasteiger partial charge in [-0.1, -0.05) is 42.2 Å². The fourth-order valence-corrected chi connectivity index (χ4v) is 3.76. The Morgan fingerprint density at radius 2 is 1.45 bits per heavy atom. The number of unbranched alkanes of at least 4 members (excludes halogenated alkanes) is 1. The van der Waals surface area contributed by atoms with E-state index in [1.165, 1.54) is 12.5 Å². The summed E-state index contributed by atoms with van der Waals surface area (Å²) in [6.45, 7) is 0.596. The highest BCUT2D eigenvalue weighted by Gasteiger charge is 2.25. The van der Waals surface area contributed by atoms with Gasteiger partial charge in [-0.3, -0.25) is 14.4 Å². The molecule has 0 heterocycles. The number of carbonyl (C=O) groups is 3. The zero-order chi connectivity index (χ0) is 27.3. The average molecular weight is 513 g/mol. The quantitative estimate of drug-likeness (QED) is 0.232. The van der Waals surface area contributed by atoms with E-state index < -0.39 is 30.4 Å². The third-order valence-corrected chi connectivity index (χ3v) is 5.90. The van der Waals surface area contributed by atoms with E-state index in [1.54, 1.807) is 24.3 Å². The Balaban J connectivity index is 1.47. The van der Waals surface area contributed by atoms with Gasteiger partial charge >= 0.3 is 0 Å². The molecule has 3 aromatic rings.